The van der Waals surface area contributed by atoms with Crippen LogP contribution in [0.2, 0.25) is 0 Å². The van der Waals surface area contributed by atoms with E-state index in [1.165, 1.54) is 0 Å². The number of amides is 1. The molecule has 3 nitrogen and oxygen atoms in total. The van der Waals surface area contributed by atoms with Crippen LogP contribution in [0.1, 0.15) is 24.0 Å². The Morgan fingerprint density at radius 2 is 1.87 bits per heavy atom. The molecule has 1 aromatic rings. The second kappa shape index (κ2) is 4.45. The number of aliphatic hydroxyl groups is 1. The molecule has 3 heteroatoms. The minimum atomic E-state index is 0.0723. The van der Waals surface area contributed by atoms with E-state index in [0.717, 1.165) is 24.1 Å². The number of benzene rings is 1. The van der Waals surface area contributed by atoms with Crippen LogP contribution < -0.4 is 0 Å². The molecule has 0 spiro atoms. The third-order valence-corrected chi connectivity index (χ3v) is 2.75. The number of hydrogen-bond donors (Lipinski definition) is 1. The van der Waals surface area contributed by atoms with Crippen LogP contribution in [-0.2, 0) is 17.9 Å². The maximum Gasteiger partial charge on any atom is 0.222 e. The molecule has 0 unspecified atom stereocenters. The maximum absolute atomic E-state index is 11.4. The molecule has 1 aliphatic rings. The van der Waals surface area contributed by atoms with Crippen molar-refractivity contribution in [1.82, 2.24) is 4.90 Å². The van der Waals surface area contributed by atoms with E-state index in [-0.39, 0.29) is 12.5 Å². The molecule has 0 radical (unpaired) electrons. The Balaban J connectivity index is 2.01. The third-order valence-electron chi connectivity index (χ3n) is 2.75. The first-order valence-electron chi connectivity index (χ1n) is 5.26. The molecule has 80 valence electrons. The van der Waals surface area contributed by atoms with E-state index in [0.29, 0.717) is 13.0 Å². The smallest absolute Gasteiger partial charge is 0.222 e. The first kappa shape index (κ1) is 10.2. The number of rotatable bonds is 3. The predicted octanol–water partition coefficient (Wildman–Crippen LogP) is 1.30. The van der Waals surface area contributed by atoms with Gasteiger partial charge in [0.25, 0.3) is 0 Å². The molecule has 1 aliphatic heterocycles. The Labute approximate surface area is 89.3 Å². The largest absolute Gasteiger partial charge is 0.392 e. The molecule has 2 rings (SSSR count). The number of aliphatic hydroxyl groups excluding tert-OH is 1. The minimum absolute atomic E-state index is 0.0723. The average molecular weight is 205 g/mol. The van der Waals surface area contributed by atoms with Gasteiger partial charge >= 0.3 is 0 Å². The van der Waals surface area contributed by atoms with Crippen molar-refractivity contribution >= 4 is 5.91 Å². The van der Waals surface area contributed by atoms with Crippen molar-refractivity contribution in [3.05, 3.63) is 35.4 Å². The number of nitrogens with zero attached hydrogens (tertiary/aromatic N) is 1. The lowest BCUT2D eigenvalue weighted by Crippen LogP contribution is -2.23. The molecular weight excluding hydrogens is 190 g/mol. The topological polar surface area (TPSA) is 40.5 Å². The highest BCUT2D eigenvalue weighted by molar-refractivity contribution is 5.78. The van der Waals surface area contributed by atoms with Crippen LogP contribution in [0.25, 0.3) is 0 Å². The van der Waals surface area contributed by atoms with E-state index in [4.69, 9.17) is 5.11 Å². The molecule has 1 heterocycles. The molecule has 1 N–H and O–H groups in total. The van der Waals surface area contributed by atoms with Gasteiger partial charge in [0.1, 0.15) is 0 Å². The van der Waals surface area contributed by atoms with Crippen LogP contribution in [0.5, 0.6) is 0 Å². The zero-order valence-electron chi connectivity index (χ0n) is 8.65. The third kappa shape index (κ3) is 2.36. The van der Waals surface area contributed by atoms with E-state index in [9.17, 15) is 4.79 Å². The van der Waals surface area contributed by atoms with Crippen molar-refractivity contribution in [3.8, 4) is 0 Å². The number of carbonyl (C=O) groups excluding carboxylic acids is 1. The lowest BCUT2D eigenvalue weighted by atomic mass is 10.1. The summed E-state index contributed by atoms with van der Waals surface area (Å²) >= 11 is 0. The molecular formula is C12H15NO2. The second-order valence-corrected chi connectivity index (χ2v) is 3.89. The lowest BCUT2D eigenvalue weighted by Gasteiger charge is -2.15. The van der Waals surface area contributed by atoms with Gasteiger partial charge in [0.15, 0.2) is 0 Å². The van der Waals surface area contributed by atoms with Crippen LogP contribution >= 0.6 is 0 Å². The summed E-state index contributed by atoms with van der Waals surface area (Å²) in [7, 11) is 0. The second-order valence-electron chi connectivity index (χ2n) is 3.89. The fourth-order valence-electron chi connectivity index (χ4n) is 1.84. The molecule has 1 amide bonds. The highest BCUT2D eigenvalue weighted by Crippen LogP contribution is 2.14. The summed E-state index contributed by atoms with van der Waals surface area (Å²) in [5.41, 5.74) is 2.04. The summed E-state index contributed by atoms with van der Waals surface area (Å²) in [5, 5.41) is 8.89. The molecule has 0 atom stereocenters. The molecule has 0 saturated carbocycles. The first-order chi connectivity index (χ1) is 7.29. The van der Waals surface area contributed by atoms with Gasteiger partial charge in [0.05, 0.1) is 6.61 Å². The van der Waals surface area contributed by atoms with Gasteiger partial charge in [0, 0.05) is 19.5 Å². The standard InChI is InChI=1S/C12H15NO2/c14-9-11-5-3-10(4-6-11)8-13-7-1-2-12(13)15/h3-6,14H,1-2,7-9H2. The van der Waals surface area contributed by atoms with E-state index in [2.05, 4.69) is 0 Å². The molecule has 1 fully saturated rings. The van der Waals surface area contributed by atoms with Gasteiger partial charge in [-0.1, -0.05) is 24.3 Å². The quantitative estimate of drug-likeness (QED) is 0.808. The Hall–Kier alpha value is -1.35. The molecule has 1 aromatic carbocycles. The Morgan fingerprint density at radius 1 is 1.20 bits per heavy atom. The van der Waals surface area contributed by atoms with Crippen molar-refractivity contribution in [2.24, 2.45) is 0 Å². The summed E-state index contributed by atoms with van der Waals surface area (Å²) in [6.07, 6.45) is 1.67. The molecule has 0 aliphatic carbocycles. The lowest BCUT2D eigenvalue weighted by molar-refractivity contribution is -0.128. The SMILES string of the molecule is O=C1CCCN1Cc1ccc(CO)cc1. The van der Waals surface area contributed by atoms with Gasteiger partial charge in [-0.2, -0.15) is 0 Å². The van der Waals surface area contributed by atoms with Gasteiger partial charge in [-0.25, -0.2) is 0 Å². The molecule has 1 saturated heterocycles. The maximum atomic E-state index is 11.4. The van der Waals surface area contributed by atoms with Gasteiger partial charge in [-0.05, 0) is 17.5 Å². The van der Waals surface area contributed by atoms with Gasteiger partial charge < -0.3 is 10.0 Å². The monoisotopic (exact) mass is 205 g/mol. The van der Waals surface area contributed by atoms with Gasteiger partial charge in [-0.15, -0.1) is 0 Å². The molecule has 0 bridgehead atoms. The Bertz CT molecular complexity index is 345. The summed E-state index contributed by atoms with van der Waals surface area (Å²) < 4.78 is 0. The first-order valence-corrected chi connectivity index (χ1v) is 5.26. The summed E-state index contributed by atoms with van der Waals surface area (Å²) in [6, 6.07) is 7.74. The van der Waals surface area contributed by atoms with Gasteiger partial charge in [-0.3, -0.25) is 4.79 Å². The Kier molecular flexibility index (Phi) is 3.02. The van der Waals surface area contributed by atoms with Crippen LogP contribution in [0, 0.1) is 0 Å². The highest BCUT2D eigenvalue weighted by Gasteiger charge is 2.19. The fraction of sp³-hybridized carbons (Fsp3) is 0.417. The van der Waals surface area contributed by atoms with Crippen LogP contribution in [-0.4, -0.2) is 22.5 Å². The highest BCUT2D eigenvalue weighted by atomic mass is 16.3. The van der Waals surface area contributed by atoms with E-state index >= 15 is 0 Å². The zero-order valence-corrected chi connectivity index (χ0v) is 8.65. The minimum Gasteiger partial charge on any atom is -0.392 e. The van der Waals surface area contributed by atoms with Crippen molar-refractivity contribution in [2.45, 2.75) is 26.0 Å². The van der Waals surface area contributed by atoms with Crippen molar-refractivity contribution in [1.29, 1.82) is 0 Å². The van der Waals surface area contributed by atoms with Gasteiger partial charge in [0.2, 0.25) is 5.91 Å². The van der Waals surface area contributed by atoms with Crippen molar-refractivity contribution in [3.63, 3.8) is 0 Å². The van der Waals surface area contributed by atoms with Crippen molar-refractivity contribution in [2.75, 3.05) is 6.54 Å². The number of likely N-dealkylation sites (tertiary alicyclic amines) is 1. The van der Waals surface area contributed by atoms with Crippen LogP contribution in [0.15, 0.2) is 24.3 Å². The van der Waals surface area contributed by atoms with Crippen molar-refractivity contribution < 1.29 is 9.90 Å². The predicted molar refractivity (Wildman–Crippen MR) is 57.0 cm³/mol. The molecule has 0 aromatic heterocycles. The van der Waals surface area contributed by atoms with Crippen LogP contribution in [0.4, 0.5) is 0 Å². The van der Waals surface area contributed by atoms with Crippen LogP contribution in [0.3, 0.4) is 0 Å². The fourth-order valence-corrected chi connectivity index (χ4v) is 1.84. The summed E-state index contributed by atoms with van der Waals surface area (Å²) in [4.78, 5) is 13.3. The van der Waals surface area contributed by atoms with E-state index < -0.39 is 0 Å². The normalized spacial score (nSPS) is 16.1. The van der Waals surface area contributed by atoms with E-state index in [1.807, 2.05) is 29.2 Å². The summed E-state index contributed by atoms with van der Waals surface area (Å²) in [6.45, 7) is 1.65. The number of carbonyl (C=O) groups is 1. The summed E-state index contributed by atoms with van der Waals surface area (Å²) in [5.74, 6) is 0.251. The van der Waals surface area contributed by atoms with E-state index in [1.54, 1.807) is 0 Å². The zero-order chi connectivity index (χ0) is 10.7. The Morgan fingerprint density at radius 3 is 2.40 bits per heavy atom. The number of hydrogen-bond acceptors (Lipinski definition) is 2. The average Bonchev–Trinajstić information content (AvgIpc) is 2.66. The molecule has 15 heavy (non-hydrogen) atoms.